The molecule has 0 saturated carbocycles. The Balaban J connectivity index is 1.42. The Morgan fingerprint density at radius 2 is 1.68 bits per heavy atom. The number of aliphatic hydroxyl groups is 1. The number of likely N-dealkylation sites (tertiary alicyclic amines) is 1. The van der Waals surface area contributed by atoms with Crippen LogP contribution in [0.15, 0.2) is 42.5 Å². The lowest BCUT2D eigenvalue weighted by molar-refractivity contribution is 0.0743. The Bertz CT molecular complexity index is 853. The summed E-state index contributed by atoms with van der Waals surface area (Å²) in [7, 11) is 5.28. The summed E-state index contributed by atoms with van der Waals surface area (Å²) in [4.78, 5) is 4.54. The third-order valence-corrected chi connectivity index (χ3v) is 6.25. The highest BCUT2D eigenvalue weighted by atomic mass is 16.5. The first-order valence-electron chi connectivity index (χ1n) is 12.1. The van der Waals surface area contributed by atoms with E-state index in [4.69, 9.17) is 18.9 Å². The molecule has 1 N–H and O–H groups in total. The summed E-state index contributed by atoms with van der Waals surface area (Å²) in [5, 5.41) is 10.4. The first-order valence-corrected chi connectivity index (χ1v) is 12.1. The zero-order valence-corrected chi connectivity index (χ0v) is 21.0. The molecule has 0 bridgehead atoms. The maximum Gasteiger partial charge on any atom is 0.161 e. The van der Waals surface area contributed by atoms with Gasteiger partial charge in [-0.25, -0.2) is 0 Å². The van der Waals surface area contributed by atoms with Crippen LogP contribution < -0.4 is 18.9 Å². The molecular formula is C27H40N2O5. The summed E-state index contributed by atoms with van der Waals surface area (Å²) < 4.78 is 22.4. The molecule has 0 unspecified atom stereocenters. The third kappa shape index (κ3) is 8.38. The quantitative estimate of drug-likeness (QED) is 0.477. The van der Waals surface area contributed by atoms with Gasteiger partial charge in [0.05, 0.1) is 14.2 Å². The van der Waals surface area contributed by atoms with Crippen LogP contribution in [0.3, 0.4) is 0 Å². The minimum absolute atomic E-state index is 0.225. The van der Waals surface area contributed by atoms with Crippen LogP contribution in [0, 0.1) is 5.92 Å². The molecule has 1 fully saturated rings. The summed E-state index contributed by atoms with van der Waals surface area (Å²) in [5.41, 5.74) is 1.10. The van der Waals surface area contributed by atoms with Gasteiger partial charge in [0, 0.05) is 19.6 Å². The smallest absolute Gasteiger partial charge is 0.161 e. The topological polar surface area (TPSA) is 63.6 Å². The van der Waals surface area contributed by atoms with Crippen LogP contribution in [0.1, 0.15) is 25.3 Å². The number of benzene rings is 2. The first kappa shape index (κ1) is 26.1. The molecule has 0 amide bonds. The number of rotatable bonds is 13. The molecule has 0 radical (unpaired) electrons. The highest BCUT2D eigenvalue weighted by molar-refractivity contribution is 5.43. The number of aliphatic hydroxyl groups excluding tert-OH is 1. The van der Waals surface area contributed by atoms with Gasteiger partial charge in [0.1, 0.15) is 30.8 Å². The van der Waals surface area contributed by atoms with Gasteiger partial charge in [0.2, 0.25) is 0 Å². The summed E-state index contributed by atoms with van der Waals surface area (Å²) >= 11 is 0. The zero-order valence-electron chi connectivity index (χ0n) is 21.0. The fraction of sp³-hybridized carbons (Fsp3) is 0.556. The first-order chi connectivity index (χ1) is 16.5. The fourth-order valence-corrected chi connectivity index (χ4v) is 4.15. The molecule has 34 heavy (non-hydrogen) atoms. The van der Waals surface area contributed by atoms with E-state index in [1.807, 2.05) is 43.4 Å². The molecule has 188 valence electrons. The molecule has 3 rings (SSSR count). The van der Waals surface area contributed by atoms with Crippen molar-refractivity contribution in [2.24, 2.45) is 5.92 Å². The van der Waals surface area contributed by atoms with Gasteiger partial charge in [0.15, 0.2) is 11.5 Å². The highest BCUT2D eigenvalue weighted by Gasteiger charge is 2.16. The number of hydrogen-bond acceptors (Lipinski definition) is 7. The van der Waals surface area contributed by atoms with Crippen LogP contribution in [-0.4, -0.2) is 81.7 Å². The van der Waals surface area contributed by atoms with E-state index in [-0.39, 0.29) is 6.61 Å². The Morgan fingerprint density at radius 3 is 2.35 bits per heavy atom. The van der Waals surface area contributed by atoms with Crippen molar-refractivity contribution in [3.8, 4) is 23.0 Å². The Labute approximate surface area is 204 Å². The molecule has 0 aliphatic carbocycles. The van der Waals surface area contributed by atoms with Crippen LogP contribution in [0.4, 0.5) is 0 Å². The maximum absolute atomic E-state index is 10.4. The molecule has 1 heterocycles. The van der Waals surface area contributed by atoms with Crippen molar-refractivity contribution in [3.05, 3.63) is 48.0 Å². The number of nitrogens with zero attached hydrogens (tertiary/aromatic N) is 2. The van der Waals surface area contributed by atoms with Gasteiger partial charge >= 0.3 is 0 Å². The largest absolute Gasteiger partial charge is 0.497 e. The number of piperidine rings is 1. The van der Waals surface area contributed by atoms with Crippen molar-refractivity contribution in [1.82, 2.24) is 9.80 Å². The zero-order chi connectivity index (χ0) is 24.3. The van der Waals surface area contributed by atoms with Crippen LogP contribution in [-0.2, 0) is 6.54 Å². The van der Waals surface area contributed by atoms with Gasteiger partial charge in [-0.15, -0.1) is 0 Å². The van der Waals surface area contributed by atoms with Gasteiger partial charge in [0.25, 0.3) is 0 Å². The average Bonchev–Trinajstić information content (AvgIpc) is 2.85. The van der Waals surface area contributed by atoms with E-state index in [0.717, 1.165) is 48.4 Å². The van der Waals surface area contributed by atoms with E-state index in [9.17, 15) is 5.11 Å². The fourth-order valence-electron chi connectivity index (χ4n) is 4.15. The van der Waals surface area contributed by atoms with Crippen molar-refractivity contribution in [1.29, 1.82) is 0 Å². The minimum atomic E-state index is -0.602. The Morgan fingerprint density at radius 1 is 0.971 bits per heavy atom. The normalized spacial score (nSPS) is 15.8. The Kier molecular flexibility index (Phi) is 10.3. The van der Waals surface area contributed by atoms with E-state index in [0.29, 0.717) is 25.4 Å². The molecule has 2 aromatic carbocycles. The SMILES string of the molecule is COc1ccc(OC[C@@H](O)CN(C)Cc2ccc(OCCN3CCC(C)CC3)c(OC)c2)cc1. The number of likely N-dealkylation sites (N-methyl/N-ethyl adjacent to an activating group) is 1. The number of methoxy groups -OCH3 is 2. The van der Waals surface area contributed by atoms with Gasteiger partial charge in [-0.3, -0.25) is 9.80 Å². The second kappa shape index (κ2) is 13.4. The Hall–Kier alpha value is -2.48. The average molecular weight is 473 g/mol. The molecule has 7 heteroatoms. The van der Waals surface area contributed by atoms with Gasteiger partial charge in [-0.1, -0.05) is 13.0 Å². The van der Waals surface area contributed by atoms with Crippen LogP contribution in [0.25, 0.3) is 0 Å². The van der Waals surface area contributed by atoms with Crippen molar-refractivity contribution in [3.63, 3.8) is 0 Å². The van der Waals surface area contributed by atoms with Gasteiger partial charge < -0.3 is 24.1 Å². The molecule has 1 saturated heterocycles. The second-order valence-electron chi connectivity index (χ2n) is 9.19. The van der Waals surface area contributed by atoms with Crippen LogP contribution >= 0.6 is 0 Å². The minimum Gasteiger partial charge on any atom is -0.497 e. The van der Waals surface area contributed by atoms with Gasteiger partial charge in [-0.2, -0.15) is 0 Å². The molecule has 1 atom stereocenters. The lowest BCUT2D eigenvalue weighted by Crippen LogP contribution is -2.35. The highest BCUT2D eigenvalue weighted by Crippen LogP contribution is 2.28. The lowest BCUT2D eigenvalue weighted by atomic mass is 9.99. The predicted octanol–water partition coefficient (Wildman–Crippen LogP) is 3.69. The van der Waals surface area contributed by atoms with E-state index in [1.54, 1.807) is 14.2 Å². The molecule has 1 aliphatic heterocycles. The molecule has 7 nitrogen and oxygen atoms in total. The maximum atomic E-state index is 10.4. The number of hydrogen-bond donors (Lipinski definition) is 1. The van der Waals surface area contributed by atoms with E-state index in [2.05, 4.69) is 22.8 Å². The molecule has 1 aliphatic rings. The monoisotopic (exact) mass is 472 g/mol. The van der Waals surface area contributed by atoms with E-state index < -0.39 is 6.10 Å². The third-order valence-electron chi connectivity index (χ3n) is 6.25. The van der Waals surface area contributed by atoms with Crippen LogP contribution in [0.5, 0.6) is 23.0 Å². The van der Waals surface area contributed by atoms with E-state index in [1.165, 1.54) is 12.8 Å². The molecular weight excluding hydrogens is 432 g/mol. The predicted molar refractivity (Wildman–Crippen MR) is 134 cm³/mol. The van der Waals surface area contributed by atoms with Crippen molar-refractivity contribution >= 4 is 0 Å². The van der Waals surface area contributed by atoms with Crippen molar-refractivity contribution in [2.45, 2.75) is 32.4 Å². The van der Waals surface area contributed by atoms with E-state index >= 15 is 0 Å². The summed E-state index contributed by atoms with van der Waals surface area (Å²) in [6, 6.07) is 13.4. The molecule has 0 spiro atoms. The van der Waals surface area contributed by atoms with Crippen LogP contribution in [0.2, 0.25) is 0 Å². The summed E-state index contributed by atoms with van der Waals surface area (Å²) in [6.45, 7) is 7.64. The number of ether oxygens (including phenoxy) is 4. The van der Waals surface area contributed by atoms with Crippen molar-refractivity contribution < 1.29 is 24.1 Å². The summed E-state index contributed by atoms with van der Waals surface area (Å²) in [5.74, 6) is 3.83. The summed E-state index contributed by atoms with van der Waals surface area (Å²) in [6.07, 6.45) is 1.94. The second-order valence-corrected chi connectivity index (χ2v) is 9.19. The molecule has 0 aromatic heterocycles. The van der Waals surface area contributed by atoms with Crippen molar-refractivity contribution in [2.75, 3.05) is 60.7 Å². The lowest BCUT2D eigenvalue weighted by Gasteiger charge is -2.30. The van der Waals surface area contributed by atoms with Gasteiger partial charge in [-0.05, 0) is 80.9 Å². The molecule has 2 aromatic rings. The standard InChI is InChI=1S/C27H40N2O5/c1-21-11-13-29(14-12-21)15-16-33-26-10-5-22(17-27(26)32-4)18-28(2)19-23(30)20-34-25-8-6-24(31-3)7-9-25/h5-10,17,21,23,30H,11-16,18-20H2,1-4H3/t23-/m0/s1.